The van der Waals surface area contributed by atoms with Crippen molar-refractivity contribution in [3.05, 3.63) is 53.1 Å². The molecule has 7 nitrogen and oxygen atoms in total. The standard InChI is InChI=1S/C20H20ClN3O4/c1-4-26-15-7-5-14(6-8-15)18-19(24-28-23-18)22-20(25)13(3)27-16-9-10-17(21)12(2)11-16/h5-11,13H,4H2,1-3H3,(H,22,24,25)/t13-/m0/s1. The van der Waals surface area contributed by atoms with Crippen LogP contribution in [0.2, 0.25) is 5.02 Å². The van der Waals surface area contributed by atoms with E-state index in [1.807, 2.05) is 38.1 Å². The van der Waals surface area contributed by atoms with E-state index in [9.17, 15) is 4.79 Å². The van der Waals surface area contributed by atoms with Crippen LogP contribution in [-0.2, 0) is 4.79 Å². The molecule has 0 spiro atoms. The van der Waals surface area contributed by atoms with E-state index in [0.717, 1.165) is 16.9 Å². The monoisotopic (exact) mass is 401 g/mol. The number of rotatable bonds is 7. The number of halogens is 1. The number of aryl methyl sites for hydroxylation is 1. The van der Waals surface area contributed by atoms with Gasteiger partial charge in [0.15, 0.2) is 11.8 Å². The number of nitrogens with zero attached hydrogens (tertiary/aromatic N) is 2. The molecule has 28 heavy (non-hydrogen) atoms. The third-order valence-electron chi connectivity index (χ3n) is 3.98. The summed E-state index contributed by atoms with van der Waals surface area (Å²) in [5.74, 6) is 1.13. The Balaban J connectivity index is 1.69. The second-order valence-electron chi connectivity index (χ2n) is 6.08. The molecule has 1 amide bonds. The lowest BCUT2D eigenvalue weighted by Gasteiger charge is -2.14. The van der Waals surface area contributed by atoms with Crippen molar-refractivity contribution in [3.8, 4) is 22.8 Å². The number of carbonyl (C=O) groups excluding carboxylic acids is 1. The summed E-state index contributed by atoms with van der Waals surface area (Å²) in [6, 6.07) is 12.5. The molecule has 0 aliphatic carbocycles. The number of amides is 1. The van der Waals surface area contributed by atoms with Crippen molar-refractivity contribution in [1.29, 1.82) is 0 Å². The van der Waals surface area contributed by atoms with E-state index in [1.54, 1.807) is 25.1 Å². The van der Waals surface area contributed by atoms with Crippen molar-refractivity contribution < 1.29 is 18.9 Å². The number of hydrogen-bond acceptors (Lipinski definition) is 6. The normalized spacial score (nSPS) is 11.7. The summed E-state index contributed by atoms with van der Waals surface area (Å²) in [5, 5.41) is 11.0. The van der Waals surface area contributed by atoms with Gasteiger partial charge < -0.3 is 14.8 Å². The van der Waals surface area contributed by atoms with Crippen LogP contribution in [0.5, 0.6) is 11.5 Å². The van der Waals surface area contributed by atoms with Gasteiger partial charge in [-0.2, -0.15) is 0 Å². The lowest BCUT2D eigenvalue weighted by molar-refractivity contribution is -0.122. The molecule has 1 aromatic heterocycles. The molecule has 2 aromatic carbocycles. The second kappa shape index (κ2) is 8.75. The van der Waals surface area contributed by atoms with Crippen molar-refractivity contribution in [3.63, 3.8) is 0 Å². The van der Waals surface area contributed by atoms with Gasteiger partial charge in [0, 0.05) is 10.6 Å². The summed E-state index contributed by atoms with van der Waals surface area (Å²) >= 11 is 6.01. The van der Waals surface area contributed by atoms with E-state index < -0.39 is 6.10 Å². The highest BCUT2D eigenvalue weighted by Gasteiger charge is 2.20. The van der Waals surface area contributed by atoms with Gasteiger partial charge in [0.1, 0.15) is 11.5 Å². The first kappa shape index (κ1) is 19.7. The lowest BCUT2D eigenvalue weighted by atomic mass is 10.1. The van der Waals surface area contributed by atoms with Gasteiger partial charge in [0.2, 0.25) is 5.82 Å². The Hall–Kier alpha value is -3.06. The van der Waals surface area contributed by atoms with Gasteiger partial charge in [-0.25, -0.2) is 4.63 Å². The highest BCUT2D eigenvalue weighted by atomic mass is 35.5. The van der Waals surface area contributed by atoms with Crippen LogP contribution in [-0.4, -0.2) is 28.9 Å². The summed E-state index contributed by atoms with van der Waals surface area (Å²) in [5.41, 5.74) is 2.03. The van der Waals surface area contributed by atoms with E-state index in [0.29, 0.717) is 23.1 Å². The van der Waals surface area contributed by atoms with Gasteiger partial charge in [-0.1, -0.05) is 11.6 Å². The first-order valence-electron chi connectivity index (χ1n) is 8.77. The highest BCUT2D eigenvalue weighted by Crippen LogP contribution is 2.27. The molecule has 1 N–H and O–H groups in total. The molecule has 0 saturated heterocycles. The van der Waals surface area contributed by atoms with Crippen LogP contribution >= 0.6 is 11.6 Å². The van der Waals surface area contributed by atoms with Gasteiger partial charge in [0.05, 0.1) is 6.61 Å². The smallest absolute Gasteiger partial charge is 0.266 e. The molecule has 0 aliphatic heterocycles. The van der Waals surface area contributed by atoms with Gasteiger partial charge in [-0.3, -0.25) is 4.79 Å². The van der Waals surface area contributed by atoms with Crippen LogP contribution < -0.4 is 14.8 Å². The molecule has 0 fully saturated rings. The zero-order chi connectivity index (χ0) is 20.1. The molecule has 1 heterocycles. The molecule has 8 heteroatoms. The number of ether oxygens (including phenoxy) is 2. The Morgan fingerprint density at radius 1 is 1.18 bits per heavy atom. The van der Waals surface area contributed by atoms with Crippen LogP contribution in [0.25, 0.3) is 11.3 Å². The van der Waals surface area contributed by atoms with Crippen LogP contribution in [0.1, 0.15) is 19.4 Å². The summed E-state index contributed by atoms with van der Waals surface area (Å²) in [6.07, 6.45) is -0.759. The Morgan fingerprint density at radius 2 is 1.89 bits per heavy atom. The van der Waals surface area contributed by atoms with E-state index >= 15 is 0 Å². The molecule has 0 saturated carbocycles. The maximum atomic E-state index is 12.5. The number of aromatic nitrogens is 2. The predicted octanol–water partition coefficient (Wildman–Crippen LogP) is 4.50. The Bertz CT molecular complexity index is 956. The Labute approximate surface area is 167 Å². The van der Waals surface area contributed by atoms with Gasteiger partial charge in [-0.05, 0) is 79.1 Å². The summed E-state index contributed by atoms with van der Waals surface area (Å²) in [7, 11) is 0. The summed E-state index contributed by atoms with van der Waals surface area (Å²) in [6.45, 7) is 6.00. The zero-order valence-electron chi connectivity index (χ0n) is 15.7. The minimum Gasteiger partial charge on any atom is -0.494 e. The van der Waals surface area contributed by atoms with Crippen LogP contribution in [0.15, 0.2) is 47.1 Å². The fourth-order valence-corrected chi connectivity index (χ4v) is 2.62. The first-order valence-corrected chi connectivity index (χ1v) is 9.15. The van der Waals surface area contributed by atoms with Crippen LogP contribution in [0.4, 0.5) is 5.82 Å². The Kier molecular flexibility index (Phi) is 6.16. The van der Waals surface area contributed by atoms with Gasteiger partial charge >= 0.3 is 0 Å². The van der Waals surface area contributed by atoms with Crippen LogP contribution in [0.3, 0.4) is 0 Å². The topological polar surface area (TPSA) is 86.5 Å². The maximum Gasteiger partial charge on any atom is 0.266 e. The molecule has 3 rings (SSSR count). The van der Waals surface area contributed by atoms with E-state index in [4.69, 9.17) is 25.7 Å². The molecule has 0 unspecified atom stereocenters. The van der Waals surface area contributed by atoms with Crippen molar-refractivity contribution >= 4 is 23.3 Å². The highest BCUT2D eigenvalue weighted by molar-refractivity contribution is 6.31. The number of hydrogen-bond donors (Lipinski definition) is 1. The zero-order valence-corrected chi connectivity index (χ0v) is 16.5. The van der Waals surface area contributed by atoms with Gasteiger partial charge in [0.25, 0.3) is 5.91 Å². The average Bonchev–Trinajstić information content (AvgIpc) is 3.13. The molecular weight excluding hydrogens is 382 g/mol. The fourth-order valence-electron chi connectivity index (χ4n) is 2.50. The van der Waals surface area contributed by atoms with Crippen molar-refractivity contribution in [2.45, 2.75) is 26.9 Å². The molecule has 0 aliphatic rings. The molecular formula is C20H20ClN3O4. The SMILES string of the molecule is CCOc1ccc(-c2nonc2NC(=O)[C@H](C)Oc2ccc(Cl)c(C)c2)cc1. The number of carbonyl (C=O) groups is 1. The third-order valence-corrected chi connectivity index (χ3v) is 4.40. The second-order valence-corrected chi connectivity index (χ2v) is 6.49. The number of anilines is 1. The molecule has 3 aromatic rings. The predicted molar refractivity (Wildman–Crippen MR) is 106 cm³/mol. The minimum atomic E-state index is -0.759. The van der Waals surface area contributed by atoms with Crippen molar-refractivity contribution in [1.82, 2.24) is 10.3 Å². The van der Waals surface area contributed by atoms with Crippen molar-refractivity contribution in [2.75, 3.05) is 11.9 Å². The van der Waals surface area contributed by atoms with E-state index in [-0.39, 0.29) is 11.7 Å². The minimum absolute atomic E-state index is 0.219. The van der Waals surface area contributed by atoms with Gasteiger partial charge in [-0.15, -0.1) is 0 Å². The summed E-state index contributed by atoms with van der Waals surface area (Å²) in [4.78, 5) is 12.5. The molecule has 146 valence electrons. The largest absolute Gasteiger partial charge is 0.494 e. The quantitative estimate of drug-likeness (QED) is 0.627. The third kappa shape index (κ3) is 4.61. The molecule has 1 atom stereocenters. The summed E-state index contributed by atoms with van der Waals surface area (Å²) < 4.78 is 15.9. The van der Waals surface area contributed by atoms with E-state index in [1.165, 1.54) is 0 Å². The van der Waals surface area contributed by atoms with Crippen molar-refractivity contribution in [2.24, 2.45) is 0 Å². The average molecular weight is 402 g/mol. The maximum absolute atomic E-state index is 12.5. The first-order chi connectivity index (χ1) is 13.5. The lowest BCUT2D eigenvalue weighted by Crippen LogP contribution is -2.30. The Morgan fingerprint density at radius 3 is 2.57 bits per heavy atom. The number of benzene rings is 2. The van der Waals surface area contributed by atoms with E-state index in [2.05, 4.69) is 15.6 Å². The fraction of sp³-hybridized carbons (Fsp3) is 0.250. The number of nitrogens with one attached hydrogen (secondary N) is 1. The molecule has 0 radical (unpaired) electrons. The van der Waals surface area contributed by atoms with Crippen LogP contribution in [0, 0.1) is 6.92 Å². The molecule has 0 bridgehead atoms.